The highest BCUT2D eigenvalue weighted by molar-refractivity contribution is 7.92. The smallest absolute Gasteiger partial charge is 0.271 e. The van der Waals surface area contributed by atoms with Gasteiger partial charge in [0.1, 0.15) is 57.4 Å². The van der Waals surface area contributed by atoms with Crippen molar-refractivity contribution < 1.29 is 41.1 Å². The van der Waals surface area contributed by atoms with Crippen LogP contribution in [0.5, 0.6) is 5.75 Å². The fourth-order valence-corrected chi connectivity index (χ4v) is 9.80. The Kier molecular flexibility index (Phi) is 18.2. The van der Waals surface area contributed by atoms with Crippen molar-refractivity contribution in [2.75, 3.05) is 75.5 Å². The van der Waals surface area contributed by atoms with E-state index in [0.29, 0.717) is 67.9 Å². The number of anilines is 3. The third-order valence-electron chi connectivity index (χ3n) is 13.4. The van der Waals surface area contributed by atoms with E-state index in [1.54, 1.807) is 68.6 Å². The predicted octanol–water partition coefficient (Wildman–Crippen LogP) is 4.56. The van der Waals surface area contributed by atoms with Gasteiger partial charge in [-0.1, -0.05) is 26.8 Å². The number of likely N-dealkylation sites (N-methyl/N-ethyl adjacent to an activating group) is 1. The van der Waals surface area contributed by atoms with Crippen molar-refractivity contribution in [3.05, 3.63) is 76.9 Å². The number of para-hydroxylation sites is 1. The van der Waals surface area contributed by atoms with E-state index in [-0.39, 0.29) is 35.9 Å². The first-order valence-corrected chi connectivity index (χ1v) is 26.2. The molecular formula is C51H70F2N14O7S. The van der Waals surface area contributed by atoms with E-state index in [1.165, 1.54) is 23.4 Å². The molecule has 24 heteroatoms. The summed E-state index contributed by atoms with van der Waals surface area (Å²) in [5, 5.41) is 21.2. The van der Waals surface area contributed by atoms with Gasteiger partial charge in [0.2, 0.25) is 17.7 Å². The minimum atomic E-state index is -3.91. The summed E-state index contributed by atoms with van der Waals surface area (Å²) in [6, 6.07) is 2.41. The molecule has 0 unspecified atom stereocenters. The van der Waals surface area contributed by atoms with Crippen LogP contribution in [0.3, 0.4) is 0 Å². The van der Waals surface area contributed by atoms with Crippen molar-refractivity contribution in [2.24, 2.45) is 15.4 Å². The SMILES string of the molecule is C=Nc1cc(OCCCN2CCN(c3cnc(C(=O)N[C@H]4C[C@@H](C(=O)Nc5c(F)cccc5F)N(C(=O)[C@@H](NC(=O)[C@H](C)NC)C(C)(C)C)C4)cn3)CC2)c(S(=O)(=O)C(C)(C)C)cc1/C(=N\C)Nc1n[nH]c(C)c1C. The summed E-state index contributed by atoms with van der Waals surface area (Å²) in [6.07, 6.45) is 3.31. The van der Waals surface area contributed by atoms with Gasteiger partial charge in [0.05, 0.1) is 35.5 Å². The Labute approximate surface area is 437 Å². The van der Waals surface area contributed by atoms with Crippen LogP contribution < -0.4 is 36.2 Å². The Bertz CT molecular complexity index is 2870. The Balaban J connectivity index is 1.06. The number of nitrogens with zero attached hydrogens (tertiary/aromatic N) is 8. The molecule has 4 heterocycles. The highest BCUT2D eigenvalue weighted by Gasteiger charge is 2.46. The number of amides is 4. The maximum absolute atomic E-state index is 14.7. The monoisotopic (exact) mass is 1060 g/mol. The largest absolute Gasteiger partial charge is 0.492 e. The van der Waals surface area contributed by atoms with Gasteiger partial charge in [-0.3, -0.25) is 39.2 Å². The summed E-state index contributed by atoms with van der Waals surface area (Å²) in [5.74, 6) is -2.97. The van der Waals surface area contributed by atoms with E-state index in [9.17, 15) is 36.4 Å². The molecule has 0 saturated carbocycles. The number of halogens is 2. The van der Waals surface area contributed by atoms with Crippen LogP contribution >= 0.6 is 0 Å². The number of ether oxygens (including phenoxy) is 1. The van der Waals surface area contributed by atoms with Crippen LogP contribution in [0, 0.1) is 30.9 Å². The Morgan fingerprint density at radius 3 is 2.23 bits per heavy atom. The number of H-pyrrole nitrogens is 1. The number of aromatic amines is 1. The fourth-order valence-electron chi connectivity index (χ4n) is 8.49. The van der Waals surface area contributed by atoms with Gasteiger partial charge in [-0.2, -0.15) is 5.10 Å². The van der Waals surface area contributed by atoms with Crippen LogP contribution in [0.25, 0.3) is 0 Å². The lowest BCUT2D eigenvalue weighted by Gasteiger charge is -2.36. The number of sulfone groups is 1. The molecule has 2 aromatic carbocycles. The van der Waals surface area contributed by atoms with Gasteiger partial charge in [0, 0.05) is 75.2 Å². The number of piperazine rings is 1. The molecule has 4 aromatic rings. The highest BCUT2D eigenvalue weighted by atomic mass is 32.2. The number of likely N-dealkylation sites (tertiary alicyclic amines) is 1. The van der Waals surface area contributed by atoms with Gasteiger partial charge in [-0.25, -0.2) is 27.2 Å². The van der Waals surface area contributed by atoms with E-state index >= 15 is 0 Å². The zero-order valence-electron chi connectivity index (χ0n) is 44.5. The van der Waals surface area contributed by atoms with Crippen molar-refractivity contribution in [1.82, 2.24) is 45.9 Å². The van der Waals surface area contributed by atoms with E-state index in [0.717, 1.165) is 29.5 Å². The lowest BCUT2D eigenvalue weighted by molar-refractivity contribution is -0.143. The standard InChI is InChI=1S/C51H70F2N14O7S/c1-29-30(2)63-64-44(29)62-45(56-12)33-24-40(75(72,73)51(7,8)9)39(25-36(33)55-11)74-22-14-17-65-18-20-66(21-19-65)41-27-57-37(26-58-41)47(69)59-32-23-38(48(70)60-42-34(52)15-13-16-35(42)53)67(28-32)49(71)43(50(4,5)6)61-46(68)31(3)54-10/h13,15-16,24-27,31-32,38,43,54H,11,14,17-23,28H2,1-10,12H3,(H,59,69)(H,60,70)(H,61,68)(H2,56,62,63,64)/t31-,32-,38-,43+/m0/s1. The van der Waals surface area contributed by atoms with E-state index < -0.39 is 85.1 Å². The Morgan fingerprint density at radius 2 is 1.67 bits per heavy atom. The molecule has 4 atom stereocenters. The molecule has 2 aromatic heterocycles. The van der Waals surface area contributed by atoms with Gasteiger partial charge in [0.15, 0.2) is 15.7 Å². The minimum Gasteiger partial charge on any atom is -0.492 e. The Hall–Kier alpha value is -6.92. The van der Waals surface area contributed by atoms with Crippen molar-refractivity contribution in [3.8, 4) is 5.75 Å². The number of aryl methyl sites for hydroxylation is 1. The summed E-state index contributed by atoms with van der Waals surface area (Å²) < 4.78 is 62.4. The lowest BCUT2D eigenvalue weighted by atomic mass is 9.85. The summed E-state index contributed by atoms with van der Waals surface area (Å²) in [5.41, 5.74) is 1.03. The van der Waals surface area contributed by atoms with Crippen LogP contribution in [-0.4, -0.2) is 163 Å². The maximum atomic E-state index is 14.7. The number of nitrogens with one attached hydrogen (secondary N) is 6. The van der Waals surface area contributed by atoms with Crippen LogP contribution in [0.1, 0.15) is 88.6 Å². The second-order valence-electron chi connectivity index (χ2n) is 20.7. The summed E-state index contributed by atoms with van der Waals surface area (Å²) in [6.45, 7) is 22.6. The zero-order valence-corrected chi connectivity index (χ0v) is 45.3. The third kappa shape index (κ3) is 13.3. The highest BCUT2D eigenvalue weighted by Crippen LogP contribution is 2.38. The molecule has 0 aliphatic carbocycles. The molecule has 0 radical (unpaired) electrons. The normalized spacial score (nSPS) is 17.5. The quantitative estimate of drug-likeness (QED) is 0.0454. The summed E-state index contributed by atoms with van der Waals surface area (Å²) in [4.78, 5) is 77.8. The third-order valence-corrected chi connectivity index (χ3v) is 15.9. The van der Waals surface area contributed by atoms with Gasteiger partial charge in [-0.15, -0.1) is 0 Å². The number of hydrogen-bond donors (Lipinski definition) is 6. The minimum absolute atomic E-state index is 0.00762. The van der Waals surface area contributed by atoms with E-state index in [1.807, 2.05) is 18.7 Å². The molecule has 2 aliphatic rings. The first-order chi connectivity index (χ1) is 35.3. The van der Waals surface area contributed by atoms with Gasteiger partial charge in [0.25, 0.3) is 5.91 Å². The number of carbonyl (C=O) groups is 4. The first-order valence-electron chi connectivity index (χ1n) is 24.7. The van der Waals surface area contributed by atoms with Crippen molar-refractivity contribution in [3.63, 3.8) is 0 Å². The molecule has 4 amide bonds. The fraction of sp³-hybridized carbons (Fsp3) is 0.510. The molecule has 0 bridgehead atoms. The number of amidine groups is 1. The molecule has 6 rings (SSSR count). The maximum Gasteiger partial charge on any atom is 0.271 e. The predicted molar refractivity (Wildman–Crippen MR) is 284 cm³/mol. The van der Waals surface area contributed by atoms with Crippen LogP contribution in [0.2, 0.25) is 0 Å². The van der Waals surface area contributed by atoms with Crippen molar-refractivity contribution in [2.45, 2.75) is 109 Å². The van der Waals surface area contributed by atoms with Gasteiger partial charge < -0.3 is 41.1 Å². The number of aliphatic imine (C=N–C) groups is 2. The molecule has 406 valence electrons. The average Bonchev–Trinajstić information content (AvgIpc) is 3.94. The topological polar surface area (TPSA) is 261 Å². The van der Waals surface area contributed by atoms with E-state index in [2.05, 4.69) is 68.4 Å². The number of benzene rings is 2. The zero-order chi connectivity index (χ0) is 55.2. The molecule has 21 nitrogen and oxygen atoms in total. The summed E-state index contributed by atoms with van der Waals surface area (Å²) in [7, 11) is -0.725. The van der Waals surface area contributed by atoms with E-state index in [4.69, 9.17) is 4.74 Å². The number of carbonyl (C=O) groups excluding carboxylic acids is 4. The average molecular weight is 1060 g/mol. The lowest BCUT2D eigenvalue weighted by Crippen LogP contribution is -2.59. The van der Waals surface area contributed by atoms with Gasteiger partial charge in [-0.05, 0) is 91.8 Å². The summed E-state index contributed by atoms with van der Waals surface area (Å²) >= 11 is 0. The Morgan fingerprint density at radius 1 is 0.987 bits per heavy atom. The number of rotatable bonds is 18. The molecule has 0 spiro atoms. The number of hydrogen-bond acceptors (Lipinski definition) is 15. The first kappa shape index (κ1) is 57.4. The second-order valence-corrected chi connectivity index (χ2v) is 23.4. The number of aromatic nitrogens is 4. The second kappa shape index (κ2) is 23.7. The van der Waals surface area contributed by atoms with Crippen LogP contribution in [0.15, 0.2) is 57.6 Å². The molecular weight excluding hydrogens is 991 g/mol. The van der Waals surface area contributed by atoms with Crippen LogP contribution in [0.4, 0.5) is 31.8 Å². The van der Waals surface area contributed by atoms with Crippen molar-refractivity contribution in [1.29, 1.82) is 0 Å². The van der Waals surface area contributed by atoms with Gasteiger partial charge >= 0.3 is 0 Å². The molecule has 2 aliphatic heterocycles. The molecule has 2 saturated heterocycles. The van der Waals surface area contributed by atoms with Crippen molar-refractivity contribution >= 4 is 69.0 Å². The molecule has 6 N–H and O–H groups in total. The van der Waals surface area contributed by atoms with Crippen LogP contribution in [-0.2, 0) is 24.2 Å². The molecule has 2 fully saturated rings. The molecule has 75 heavy (non-hydrogen) atoms.